The molecule has 2 rings (SSSR count). The second-order valence-electron chi connectivity index (χ2n) is 8.13. The standard InChI is InChI=1S/C20H38N4O2/c1-5-26-19(25)18-9-7-11-24(15-18)20(21-4)22-12-17-8-6-10-23(14-17)13-16(2)3/h16-18H,5-15H2,1-4H3,(H,21,22). The normalized spacial score (nSPS) is 25.4. The molecule has 0 aliphatic carbocycles. The van der Waals surface area contributed by atoms with E-state index in [1.807, 2.05) is 14.0 Å². The summed E-state index contributed by atoms with van der Waals surface area (Å²) in [6.45, 7) is 13.1. The molecule has 0 spiro atoms. The Morgan fingerprint density at radius 2 is 2.00 bits per heavy atom. The molecule has 0 saturated carbocycles. The number of carbonyl (C=O) groups is 1. The molecule has 2 aliphatic rings. The summed E-state index contributed by atoms with van der Waals surface area (Å²) in [4.78, 5) is 21.4. The van der Waals surface area contributed by atoms with Crippen molar-refractivity contribution in [3.63, 3.8) is 0 Å². The van der Waals surface area contributed by atoms with Crippen molar-refractivity contribution in [1.29, 1.82) is 0 Å². The molecule has 2 aliphatic heterocycles. The van der Waals surface area contributed by atoms with Gasteiger partial charge in [0.05, 0.1) is 12.5 Å². The molecule has 6 heteroatoms. The van der Waals surface area contributed by atoms with Crippen LogP contribution < -0.4 is 5.32 Å². The molecular formula is C20H38N4O2. The minimum absolute atomic E-state index is 0.0292. The first-order valence-corrected chi connectivity index (χ1v) is 10.4. The number of rotatable bonds is 6. The van der Waals surface area contributed by atoms with Crippen LogP contribution in [-0.2, 0) is 9.53 Å². The Kier molecular flexibility index (Phi) is 8.69. The number of esters is 1. The highest BCUT2D eigenvalue weighted by Gasteiger charge is 2.29. The lowest BCUT2D eigenvalue weighted by molar-refractivity contribution is -0.149. The van der Waals surface area contributed by atoms with Gasteiger partial charge in [0.2, 0.25) is 0 Å². The molecule has 0 aromatic carbocycles. The van der Waals surface area contributed by atoms with Crippen molar-refractivity contribution in [1.82, 2.24) is 15.1 Å². The van der Waals surface area contributed by atoms with Crippen molar-refractivity contribution >= 4 is 11.9 Å². The topological polar surface area (TPSA) is 57.2 Å². The number of aliphatic imine (C=N–C) groups is 1. The predicted molar refractivity (Wildman–Crippen MR) is 106 cm³/mol. The van der Waals surface area contributed by atoms with E-state index in [0.29, 0.717) is 19.1 Å². The van der Waals surface area contributed by atoms with Gasteiger partial charge in [0, 0.05) is 39.8 Å². The molecule has 0 radical (unpaired) electrons. The Hall–Kier alpha value is -1.30. The van der Waals surface area contributed by atoms with Gasteiger partial charge in [-0.2, -0.15) is 0 Å². The van der Waals surface area contributed by atoms with Gasteiger partial charge < -0.3 is 19.9 Å². The number of likely N-dealkylation sites (tertiary alicyclic amines) is 2. The number of hydrogen-bond donors (Lipinski definition) is 1. The summed E-state index contributed by atoms with van der Waals surface area (Å²) in [5.74, 6) is 2.23. The van der Waals surface area contributed by atoms with Crippen LogP contribution in [0.15, 0.2) is 4.99 Å². The van der Waals surface area contributed by atoms with Crippen LogP contribution in [0, 0.1) is 17.8 Å². The zero-order chi connectivity index (χ0) is 18.9. The van der Waals surface area contributed by atoms with Crippen LogP contribution in [0.4, 0.5) is 0 Å². The smallest absolute Gasteiger partial charge is 0.310 e. The largest absolute Gasteiger partial charge is 0.466 e. The highest BCUT2D eigenvalue weighted by atomic mass is 16.5. The van der Waals surface area contributed by atoms with Crippen LogP contribution in [0.3, 0.4) is 0 Å². The second kappa shape index (κ2) is 10.8. The van der Waals surface area contributed by atoms with Crippen molar-refractivity contribution in [3.05, 3.63) is 0 Å². The Bertz CT molecular complexity index is 467. The van der Waals surface area contributed by atoms with Crippen LogP contribution in [0.1, 0.15) is 46.5 Å². The van der Waals surface area contributed by atoms with Crippen molar-refractivity contribution < 1.29 is 9.53 Å². The Balaban J connectivity index is 1.82. The molecule has 1 N–H and O–H groups in total. The fraction of sp³-hybridized carbons (Fsp3) is 0.900. The molecular weight excluding hydrogens is 328 g/mol. The lowest BCUT2D eigenvalue weighted by Gasteiger charge is -2.36. The highest BCUT2D eigenvalue weighted by molar-refractivity contribution is 5.81. The van der Waals surface area contributed by atoms with E-state index in [9.17, 15) is 4.79 Å². The van der Waals surface area contributed by atoms with Crippen molar-refractivity contribution in [3.8, 4) is 0 Å². The molecule has 0 aromatic heterocycles. The van der Waals surface area contributed by atoms with Crippen LogP contribution in [-0.4, -0.2) is 74.7 Å². The number of guanidine groups is 1. The maximum Gasteiger partial charge on any atom is 0.310 e. The third-order valence-corrected chi connectivity index (χ3v) is 5.33. The lowest BCUT2D eigenvalue weighted by atomic mass is 9.97. The van der Waals surface area contributed by atoms with Crippen molar-refractivity contribution in [2.45, 2.75) is 46.5 Å². The molecule has 2 heterocycles. The highest BCUT2D eigenvalue weighted by Crippen LogP contribution is 2.19. The third-order valence-electron chi connectivity index (χ3n) is 5.33. The third kappa shape index (κ3) is 6.45. The van der Waals surface area contributed by atoms with Crippen LogP contribution in [0.25, 0.3) is 0 Å². The van der Waals surface area contributed by atoms with E-state index in [-0.39, 0.29) is 11.9 Å². The fourth-order valence-corrected chi connectivity index (χ4v) is 4.19. The SMILES string of the molecule is CCOC(=O)C1CCCN(C(=NC)NCC2CCCN(CC(C)C)C2)C1. The van der Waals surface area contributed by atoms with E-state index in [1.165, 1.54) is 32.5 Å². The van der Waals surface area contributed by atoms with Crippen molar-refractivity contribution in [2.75, 3.05) is 52.9 Å². The maximum atomic E-state index is 12.1. The molecule has 2 saturated heterocycles. The lowest BCUT2D eigenvalue weighted by Crippen LogP contribution is -2.50. The summed E-state index contributed by atoms with van der Waals surface area (Å²) >= 11 is 0. The van der Waals surface area contributed by atoms with Gasteiger partial charge in [0.1, 0.15) is 0 Å². The number of nitrogens with zero attached hydrogens (tertiary/aromatic N) is 3. The average molecular weight is 367 g/mol. The van der Waals surface area contributed by atoms with Crippen LogP contribution >= 0.6 is 0 Å². The van der Waals surface area contributed by atoms with Gasteiger partial charge in [-0.1, -0.05) is 13.8 Å². The summed E-state index contributed by atoms with van der Waals surface area (Å²) in [7, 11) is 1.84. The summed E-state index contributed by atoms with van der Waals surface area (Å²) in [6.07, 6.45) is 4.49. The number of carbonyl (C=O) groups excluding carboxylic acids is 1. The second-order valence-corrected chi connectivity index (χ2v) is 8.13. The molecule has 2 unspecified atom stereocenters. The van der Waals surface area contributed by atoms with Gasteiger partial charge in [0.25, 0.3) is 0 Å². The number of ether oxygens (including phenoxy) is 1. The summed E-state index contributed by atoms with van der Waals surface area (Å²) < 4.78 is 5.21. The molecule has 2 fully saturated rings. The van der Waals surface area contributed by atoms with E-state index >= 15 is 0 Å². The first-order chi connectivity index (χ1) is 12.5. The summed E-state index contributed by atoms with van der Waals surface area (Å²) in [5, 5.41) is 3.57. The van der Waals surface area contributed by atoms with Gasteiger partial charge in [-0.25, -0.2) is 0 Å². The van der Waals surface area contributed by atoms with E-state index in [0.717, 1.165) is 37.8 Å². The first-order valence-electron chi connectivity index (χ1n) is 10.4. The van der Waals surface area contributed by atoms with Crippen LogP contribution in [0.2, 0.25) is 0 Å². The van der Waals surface area contributed by atoms with Crippen molar-refractivity contribution in [2.24, 2.45) is 22.7 Å². The Morgan fingerprint density at radius 3 is 2.69 bits per heavy atom. The maximum absolute atomic E-state index is 12.1. The zero-order valence-electron chi connectivity index (χ0n) is 17.2. The zero-order valence-corrected chi connectivity index (χ0v) is 17.2. The average Bonchev–Trinajstić information content (AvgIpc) is 2.62. The number of nitrogens with one attached hydrogen (secondary N) is 1. The van der Waals surface area contributed by atoms with Gasteiger partial charge in [-0.05, 0) is 51.0 Å². The Morgan fingerprint density at radius 1 is 1.23 bits per heavy atom. The first kappa shape index (κ1) is 21.0. The monoisotopic (exact) mass is 366 g/mol. The van der Waals surface area contributed by atoms with E-state index in [4.69, 9.17) is 4.74 Å². The van der Waals surface area contributed by atoms with E-state index in [1.54, 1.807) is 0 Å². The summed E-state index contributed by atoms with van der Waals surface area (Å²) in [6, 6.07) is 0. The molecule has 26 heavy (non-hydrogen) atoms. The van der Waals surface area contributed by atoms with Gasteiger partial charge in [-0.15, -0.1) is 0 Å². The minimum Gasteiger partial charge on any atom is -0.466 e. The molecule has 150 valence electrons. The predicted octanol–water partition coefficient (Wildman–Crippen LogP) is 2.20. The summed E-state index contributed by atoms with van der Waals surface area (Å²) in [5.41, 5.74) is 0. The van der Waals surface area contributed by atoms with Gasteiger partial charge >= 0.3 is 5.97 Å². The number of hydrogen-bond acceptors (Lipinski definition) is 4. The molecule has 6 nitrogen and oxygen atoms in total. The minimum atomic E-state index is -0.0655. The van der Waals surface area contributed by atoms with Gasteiger partial charge in [-0.3, -0.25) is 9.79 Å². The van der Waals surface area contributed by atoms with Gasteiger partial charge in [0.15, 0.2) is 5.96 Å². The van der Waals surface area contributed by atoms with Crippen LogP contribution in [0.5, 0.6) is 0 Å². The van der Waals surface area contributed by atoms with E-state index < -0.39 is 0 Å². The quantitative estimate of drug-likeness (QED) is 0.444. The fourth-order valence-electron chi connectivity index (χ4n) is 4.19. The Labute approximate surface area is 159 Å². The molecule has 0 amide bonds. The number of piperidine rings is 2. The molecule has 0 bridgehead atoms. The molecule has 0 aromatic rings. The molecule has 2 atom stereocenters. The van der Waals surface area contributed by atoms with E-state index in [2.05, 4.69) is 34.0 Å².